The first-order valence-electron chi connectivity index (χ1n) is 9.91. The van der Waals surface area contributed by atoms with Gasteiger partial charge in [-0.25, -0.2) is 4.79 Å². The van der Waals surface area contributed by atoms with Crippen LogP contribution >= 0.6 is 11.6 Å². The van der Waals surface area contributed by atoms with Crippen molar-refractivity contribution in [2.75, 3.05) is 11.9 Å². The fourth-order valence-corrected chi connectivity index (χ4v) is 2.82. The van der Waals surface area contributed by atoms with Crippen LogP contribution in [0.2, 0.25) is 5.02 Å². The van der Waals surface area contributed by atoms with Crippen LogP contribution in [0.4, 0.5) is 5.69 Å². The molecule has 156 valence electrons. The molecule has 0 radical (unpaired) electrons. The molecule has 0 aliphatic carbocycles. The first-order valence-corrected chi connectivity index (χ1v) is 10.3. The van der Waals surface area contributed by atoms with Crippen LogP contribution in [-0.4, -0.2) is 24.6 Å². The lowest BCUT2D eigenvalue weighted by Crippen LogP contribution is -2.30. The van der Waals surface area contributed by atoms with E-state index in [0.29, 0.717) is 28.6 Å². The van der Waals surface area contributed by atoms with Gasteiger partial charge in [0.05, 0.1) is 12.2 Å². The van der Waals surface area contributed by atoms with Gasteiger partial charge < -0.3 is 14.8 Å². The Morgan fingerprint density at radius 2 is 1.79 bits per heavy atom. The number of nitrogens with one attached hydrogen (secondary N) is 1. The summed E-state index contributed by atoms with van der Waals surface area (Å²) < 4.78 is 10.9. The molecule has 0 saturated carbocycles. The molecular formula is C23H28ClNO4. The molecule has 0 aromatic heterocycles. The van der Waals surface area contributed by atoms with Gasteiger partial charge >= 0.3 is 5.97 Å². The maximum Gasteiger partial charge on any atom is 0.338 e. The van der Waals surface area contributed by atoms with Crippen LogP contribution in [-0.2, 0) is 9.53 Å². The van der Waals surface area contributed by atoms with Crippen molar-refractivity contribution < 1.29 is 19.1 Å². The Bertz CT molecular complexity index is 820. The summed E-state index contributed by atoms with van der Waals surface area (Å²) in [5.74, 6) is -0.277. The Morgan fingerprint density at radius 1 is 1.07 bits per heavy atom. The first kappa shape index (κ1) is 22.8. The lowest BCUT2D eigenvalue weighted by molar-refractivity contribution is -0.123. The number of amides is 1. The van der Waals surface area contributed by atoms with Crippen LogP contribution in [0.3, 0.4) is 0 Å². The van der Waals surface area contributed by atoms with Crippen LogP contribution in [0.15, 0.2) is 42.5 Å². The predicted molar refractivity (Wildman–Crippen MR) is 116 cm³/mol. The maximum atomic E-state index is 12.3. The molecule has 2 rings (SSSR count). The van der Waals surface area contributed by atoms with E-state index in [-0.39, 0.29) is 0 Å². The Balaban J connectivity index is 1.85. The van der Waals surface area contributed by atoms with E-state index in [2.05, 4.69) is 12.2 Å². The Labute approximate surface area is 177 Å². The van der Waals surface area contributed by atoms with Gasteiger partial charge in [0.25, 0.3) is 5.91 Å². The number of hydrogen-bond acceptors (Lipinski definition) is 4. The van der Waals surface area contributed by atoms with Crippen molar-refractivity contribution >= 4 is 29.2 Å². The molecule has 2 aromatic rings. The van der Waals surface area contributed by atoms with E-state index in [0.717, 1.165) is 18.4 Å². The average Bonchev–Trinajstić information content (AvgIpc) is 2.71. The minimum Gasteiger partial charge on any atom is -0.494 e. The monoisotopic (exact) mass is 417 g/mol. The highest BCUT2D eigenvalue weighted by molar-refractivity contribution is 6.31. The summed E-state index contributed by atoms with van der Waals surface area (Å²) in [5, 5.41) is 3.25. The van der Waals surface area contributed by atoms with E-state index in [1.807, 2.05) is 13.0 Å². The minimum atomic E-state index is -0.949. The third-order valence-electron chi connectivity index (χ3n) is 4.47. The molecule has 1 amide bonds. The second-order valence-corrected chi connectivity index (χ2v) is 7.37. The zero-order chi connectivity index (χ0) is 21.2. The number of benzene rings is 2. The maximum absolute atomic E-state index is 12.3. The smallest absolute Gasteiger partial charge is 0.338 e. The van der Waals surface area contributed by atoms with Gasteiger partial charge in [-0.05, 0) is 62.2 Å². The van der Waals surface area contributed by atoms with E-state index in [4.69, 9.17) is 21.1 Å². The first-order chi connectivity index (χ1) is 13.9. The Hall–Kier alpha value is -2.53. The number of unbranched alkanes of at least 4 members (excludes halogenated alkanes) is 3. The number of esters is 1. The van der Waals surface area contributed by atoms with Crippen molar-refractivity contribution in [2.45, 2.75) is 52.6 Å². The number of carbonyl (C=O) groups is 2. The molecule has 29 heavy (non-hydrogen) atoms. The molecule has 1 unspecified atom stereocenters. The minimum absolute atomic E-state index is 0.363. The van der Waals surface area contributed by atoms with Crippen LogP contribution < -0.4 is 10.1 Å². The molecule has 0 spiro atoms. The highest BCUT2D eigenvalue weighted by atomic mass is 35.5. The molecule has 1 N–H and O–H groups in total. The van der Waals surface area contributed by atoms with Crippen LogP contribution in [0.5, 0.6) is 5.75 Å². The van der Waals surface area contributed by atoms with Crippen molar-refractivity contribution in [3.05, 3.63) is 58.6 Å². The fourth-order valence-electron chi connectivity index (χ4n) is 2.65. The van der Waals surface area contributed by atoms with E-state index < -0.39 is 18.0 Å². The van der Waals surface area contributed by atoms with Crippen molar-refractivity contribution in [3.8, 4) is 5.75 Å². The van der Waals surface area contributed by atoms with Gasteiger partial charge in [0.2, 0.25) is 0 Å². The molecule has 0 aliphatic rings. The number of rotatable bonds is 10. The average molecular weight is 418 g/mol. The van der Waals surface area contributed by atoms with E-state index in [9.17, 15) is 9.59 Å². The third-order valence-corrected chi connectivity index (χ3v) is 4.70. The topological polar surface area (TPSA) is 64.6 Å². The standard InChI is InChI=1S/C23H28ClNO4/c1-4-5-6-7-14-28-20-12-9-18(10-13-20)23(27)29-17(3)22(26)25-21-15-19(24)11-8-16(21)2/h8-13,15,17H,4-7,14H2,1-3H3,(H,25,26). The second kappa shape index (κ2) is 11.5. The number of anilines is 1. The number of aryl methyl sites for hydroxylation is 1. The number of carbonyl (C=O) groups excluding carboxylic acids is 2. The predicted octanol–water partition coefficient (Wildman–Crippen LogP) is 5.79. The van der Waals surface area contributed by atoms with Crippen molar-refractivity contribution in [1.82, 2.24) is 0 Å². The molecule has 5 nitrogen and oxygen atoms in total. The molecule has 0 heterocycles. The van der Waals surface area contributed by atoms with Gasteiger partial charge in [-0.3, -0.25) is 4.79 Å². The highest BCUT2D eigenvalue weighted by Gasteiger charge is 2.19. The molecule has 0 bridgehead atoms. The summed E-state index contributed by atoms with van der Waals surface area (Å²) >= 11 is 5.96. The van der Waals surface area contributed by atoms with E-state index in [1.165, 1.54) is 19.8 Å². The van der Waals surface area contributed by atoms with Gasteiger partial charge in [-0.15, -0.1) is 0 Å². The van der Waals surface area contributed by atoms with Crippen molar-refractivity contribution in [2.24, 2.45) is 0 Å². The van der Waals surface area contributed by atoms with Crippen LogP contribution in [0.25, 0.3) is 0 Å². The zero-order valence-electron chi connectivity index (χ0n) is 17.2. The number of halogens is 1. The van der Waals surface area contributed by atoms with E-state index >= 15 is 0 Å². The summed E-state index contributed by atoms with van der Waals surface area (Å²) in [6, 6.07) is 11.9. The fraction of sp³-hybridized carbons (Fsp3) is 0.391. The van der Waals surface area contributed by atoms with Gasteiger partial charge in [-0.1, -0.05) is 43.9 Å². The quantitative estimate of drug-likeness (QED) is 0.392. The van der Waals surface area contributed by atoms with Crippen LogP contribution in [0, 0.1) is 6.92 Å². The molecule has 2 aromatic carbocycles. The molecule has 0 aliphatic heterocycles. The number of hydrogen-bond donors (Lipinski definition) is 1. The van der Waals surface area contributed by atoms with Gasteiger partial charge in [0, 0.05) is 10.7 Å². The summed E-state index contributed by atoms with van der Waals surface area (Å²) in [6.07, 6.45) is 3.60. The second-order valence-electron chi connectivity index (χ2n) is 6.93. The molecule has 0 fully saturated rings. The lowest BCUT2D eigenvalue weighted by Gasteiger charge is -2.15. The van der Waals surface area contributed by atoms with Crippen molar-refractivity contribution in [3.63, 3.8) is 0 Å². The Kier molecular flexibility index (Phi) is 9.00. The molecular weight excluding hydrogens is 390 g/mol. The summed E-state index contributed by atoms with van der Waals surface area (Å²) in [4.78, 5) is 24.7. The zero-order valence-corrected chi connectivity index (χ0v) is 17.9. The summed E-state index contributed by atoms with van der Waals surface area (Å²) in [7, 11) is 0. The highest BCUT2D eigenvalue weighted by Crippen LogP contribution is 2.21. The molecule has 1 atom stereocenters. The summed E-state index contributed by atoms with van der Waals surface area (Å²) in [5.41, 5.74) is 1.82. The van der Waals surface area contributed by atoms with Gasteiger partial charge in [0.15, 0.2) is 6.10 Å². The van der Waals surface area contributed by atoms with Gasteiger partial charge in [-0.2, -0.15) is 0 Å². The summed E-state index contributed by atoms with van der Waals surface area (Å²) in [6.45, 7) is 6.21. The largest absolute Gasteiger partial charge is 0.494 e. The molecule has 0 saturated heterocycles. The van der Waals surface area contributed by atoms with Crippen LogP contribution in [0.1, 0.15) is 55.5 Å². The molecule has 6 heteroatoms. The Morgan fingerprint density at radius 3 is 2.48 bits per heavy atom. The third kappa shape index (κ3) is 7.42. The normalized spacial score (nSPS) is 11.6. The van der Waals surface area contributed by atoms with Crippen molar-refractivity contribution in [1.29, 1.82) is 0 Å². The lowest BCUT2D eigenvalue weighted by atomic mass is 10.2. The number of ether oxygens (including phenoxy) is 2. The van der Waals surface area contributed by atoms with Gasteiger partial charge in [0.1, 0.15) is 5.75 Å². The SMILES string of the molecule is CCCCCCOc1ccc(C(=O)OC(C)C(=O)Nc2cc(Cl)ccc2C)cc1. The van der Waals surface area contributed by atoms with E-state index in [1.54, 1.807) is 36.4 Å².